The molecule has 0 aliphatic carbocycles. The molecule has 1 fully saturated rings. The molecule has 1 heterocycles. The number of rotatable bonds is 3. The zero-order chi connectivity index (χ0) is 19.9. The summed E-state index contributed by atoms with van der Waals surface area (Å²) in [4.78, 5) is 26.9. The molecule has 2 rings (SSSR count). The second-order valence-corrected chi connectivity index (χ2v) is 7.54. The molecule has 1 saturated heterocycles. The first kappa shape index (κ1) is 20.6. The summed E-state index contributed by atoms with van der Waals surface area (Å²) in [5.41, 5.74) is 1.62. The topological polar surface area (TPSA) is 61.9 Å². The van der Waals surface area contributed by atoms with Crippen molar-refractivity contribution >= 4 is 17.7 Å². The van der Waals surface area contributed by atoms with Crippen molar-refractivity contribution in [3.63, 3.8) is 0 Å². The Kier molecular flexibility index (Phi) is 7.12. The summed E-state index contributed by atoms with van der Waals surface area (Å²) in [6.07, 6.45) is 0.389. The number of piperazine rings is 1. The Hall–Kier alpha value is -2.68. The number of ether oxygens (including phenoxy) is 1. The summed E-state index contributed by atoms with van der Waals surface area (Å²) in [6.45, 7) is 10.6. The van der Waals surface area contributed by atoms with Crippen LogP contribution in [0, 0.1) is 11.8 Å². The molecule has 0 aromatic heterocycles. The molecule has 6 heteroatoms. The highest BCUT2D eigenvalue weighted by Crippen LogP contribution is 2.18. The maximum atomic E-state index is 12.1. The number of nitrogens with one attached hydrogen (secondary N) is 1. The SMILES string of the molecule is CC(=O)NCCC#Cc1ccc(N2CCN(C(=O)OC(C)(C)C)CC2)cc1. The zero-order valence-corrected chi connectivity index (χ0v) is 16.7. The van der Waals surface area contributed by atoms with E-state index in [2.05, 4.69) is 34.2 Å². The molecular formula is C21H29N3O3. The van der Waals surface area contributed by atoms with Crippen molar-refractivity contribution in [3.8, 4) is 11.8 Å². The predicted octanol–water partition coefficient (Wildman–Crippen LogP) is 2.62. The average molecular weight is 371 g/mol. The van der Waals surface area contributed by atoms with Crippen LogP contribution in [0.2, 0.25) is 0 Å². The molecule has 1 aromatic rings. The summed E-state index contributed by atoms with van der Waals surface area (Å²) in [5, 5.41) is 2.72. The smallest absolute Gasteiger partial charge is 0.410 e. The molecule has 2 amide bonds. The lowest BCUT2D eigenvalue weighted by Gasteiger charge is -2.36. The summed E-state index contributed by atoms with van der Waals surface area (Å²) in [7, 11) is 0. The first-order valence-electron chi connectivity index (χ1n) is 9.31. The Morgan fingerprint density at radius 3 is 2.30 bits per heavy atom. The molecule has 0 unspecified atom stereocenters. The Morgan fingerprint density at radius 1 is 1.11 bits per heavy atom. The minimum Gasteiger partial charge on any atom is -0.444 e. The summed E-state index contributed by atoms with van der Waals surface area (Å²) >= 11 is 0. The largest absolute Gasteiger partial charge is 0.444 e. The fourth-order valence-electron chi connectivity index (χ4n) is 2.69. The molecule has 1 aromatic carbocycles. The second kappa shape index (κ2) is 9.31. The maximum absolute atomic E-state index is 12.1. The fourth-order valence-corrected chi connectivity index (χ4v) is 2.69. The van der Waals surface area contributed by atoms with E-state index in [1.54, 1.807) is 4.90 Å². The van der Waals surface area contributed by atoms with Crippen LogP contribution in [0.5, 0.6) is 0 Å². The van der Waals surface area contributed by atoms with Gasteiger partial charge in [-0.15, -0.1) is 0 Å². The van der Waals surface area contributed by atoms with Crippen LogP contribution >= 0.6 is 0 Å². The van der Waals surface area contributed by atoms with Gasteiger partial charge in [-0.2, -0.15) is 0 Å². The molecule has 0 bridgehead atoms. The van der Waals surface area contributed by atoms with E-state index in [4.69, 9.17) is 4.74 Å². The molecular weight excluding hydrogens is 342 g/mol. The van der Waals surface area contributed by atoms with Crippen LogP contribution in [0.1, 0.15) is 39.7 Å². The minimum atomic E-state index is -0.465. The number of amides is 2. The van der Waals surface area contributed by atoms with Crippen molar-refractivity contribution in [1.29, 1.82) is 0 Å². The van der Waals surface area contributed by atoms with Gasteiger partial charge in [-0.25, -0.2) is 4.79 Å². The molecule has 0 radical (unpaired) electrons. The van der Waals surface area contributed by atoms with E-state index in [0.29, 0.717) is 26.1 Å². The number of hydrogen-bond donors (Lipinski definition) is 1. The molecule has 146 valence electrons. The highest BCUT2D eigenvalue weighted by molar-refractivity contribution is 5.72. The van der Waals surface area contributed by atoms with Crippen LogP contribution in [0.3, 0.4) is 0 Å². The number of carbonyl (C=O) groups excluding carboxylic acids is 2. The van der Waals surface area contributed by atoms with Crippen molar-refractivity contribution < 1.29 is 14.3 Å². The van der Waals surface area contributed by atoms with Crippen LogP contribution in [-0.4, -0.2) is 55.2 Å². The molecule has 1 aliphatic heterocycles. The van der Waals surface area contributed by atoms with Gasteiger partial charge in [0, 0.05) is 57.3 Å². The molecule has 1 aliphatic rings. The fraction of sp³-hybridized carbons (Fsp3) is 0.524. The van der Waals surface area contributed by atoms with Crippen LogP contribution in [0.25, 0.3) is 0 Å². The van der Waals surface area contributed by atoms with Gasteiger partial charge in [-0.05, 0) is 45.0 Å². The van der Waals surface area contributed by atoms with E-state index < -0.39 is 5.60 Å². The lowest BCUT2D eigenvalue weighted by atomic mass is 10.1. The van der Waals surface area contributed by atoms with Gasteiger partial charge >= 0.3 is 6.09 Å². The molecule has 0 atom stereocenters. The van der Waals surface area contributed by atoms with Crippen molar-refractivity contribution in [2.75, 3.05) is 37.6 Å². The zero-order valence-electron chi connectivity index (χ0n) is 16.7. The van der Waals surface area contributed by atoms with Crippen molar-refractivity contribution in [2.45, 2.75) is 39.7 Å². The normalized spacial score (nSPS) is 14.2. The summed E-state index contributed by atoms with van der Waals surface area (Å²) in [6, 6.07) is 8.11. The average Bonchev–Trinajstić information content (AvgIpc) is 2.60. The number of benzene rings is 1. The van der Waals surface area contributed by atoms with Gasteiger partial charge in [0.05, 0.1) is 0 Å². The summed E-state index contributed by atoms with van der Waals surface area (Å²) < 4.78 is 5.43. The molecule has 0 spiro atoms. The number of nitrogens with zero attached hydrogens (tertiary/aromatic N) is 2. The number of carbonyl (C=O) groups is 2. The number of anilines is 1. The van der Waals surface area contributed by atoms with Crippen molar-refractivity contribution in [3.05, 3.63) is 29.8 Å². The molecule has 1 N–H and O–H groups in total. The van der Waals surface area contributed by atoms with Crippen LogP contribution in [0.4, 0.5) is 10.5 Å². The Morgan fingerprint density at radius 2 is 1.74 bits per heavy atom. The minimum absolute atomic E-state index is 0.0343. The monoisotopic (exact) mass is 371 g/mol. The number of hydrogen-bond acceptors (Lipinski definition) is 4. The first-order valence-corrected chi connectivity index (χ1v) is 9.31. The van der Waals surface area contributed by atoms with Gasteiger partial charge in [0.2, 0.25) is 5.91 Å². The van der Waals surface area contributed by atoms with E-state index >= 15 is 0 Å². The van der Waals surface area contributed by atoms with Gasteiger partial charge in [0.25, 0.3) is 0 Å². The maximum Gasteiger partial charge on any atom is 0.410 e. The van der Waals surface area contributed by atoms with Gasteiger partial charge < -0.3 is 19.9 Å². The predicted molar refractivity (Wildman–Crippen MR) is 107 cm³/mol. The molecule has 6 nitrogen and oxygen atoms in total. The lowest BCUT2D eigenvalue weighted by Crippen LogP contribution is -2.50. The van der Waals surface area contributed by atoms with Gasteiger partial charge in [0.15, 0.2) is 0 Å². The Bertz CT molecular complexity index is 703. The Balaban J connectivity index is 1.82. The van der Waals surface area contributed by atoms with Crippen LogP contribution in [-0.2, 0) is 9.53 Å². The van der Waals surface area contributed by atoms with Crippen LogP contribution < -0.4 is 10.2 Å². The third-order valence-electron chi connectivity index (χ3n) is 4.02. The van der Waals surface area contributed by atoms with E-state index in [1.165, 1.54) is 6.92 Å². The van der Waals surface area contributed by atoms with E-state index in [-0.39, 0.29) is 12.0 Å². The van der Waals surface area contributed by atoms with Crippen molar-refractivity contribution in [2.24, 2.45) is 0 Å². The van der Waals surface area contributed by atoms with Crippen molar-refractivity contribution in [1.82, 2.24) is 10.2 Å². The Labute approximate surface area is 161 Å². The van der Waals surface area contributed by atoms with Gasteiger partial charge in [-0.1, -0.05) is 11.8 Å². The third kappa shape index (κ3) is 7.22. The second-order valence-electron chi connectivity index (χ2n) is 7.54. The quantitative estimate of drug-likeness (QED) is 0.655. The molecule has 27 heavy (non-hydrogen) atoms. The van der Waals surface area contributed by atoms with Gasteiger partial charge in [-0.3, -0.25) is 4.79 Å². The first-order chi connectivity index (χ1) is 12.7. The highest BCUT2D eigenvalue weighted by atomic mass is 16.6. The highest BCUT2D eigenvalue weighted by Gasteiger charge is 2.25. The van der Waals surface area contributed by atoms with E-state index in [9.17, 15) is 9.59 Å². The van der Waals surface area contributed by atoms with Crippen LogP contribution in [0.15, 0.2) is 24.3 Å². The molecule has 0 saturated carbocycles. The van der Waals surface area contributed by atoms with Gasteiger partial charge in [0.1, 0.15) is 5.60 Å². The summed E-state index contributed by atoms with van der Waals surface area (Å²) in [5.74, 6) is 6.13. The van der Waals surface area contributed by atoms with E-state index in [1.807, 2.05) is 32.9 Å². The van der Waals surface area contributed by atoms with E-state index in [0.717, 1.165) is 24.3 Å². The third-order valence-corrected chi connectivity index (χ3v) is 4.02. The lowest BCUT2D eigenvalue weighted by molar-refractivity contribution is -0.118. The standard InChI is InChI=1S/C21H29N3O3/c1-17(25)22-12-6-5-7-18-8-10-19(11-9-18)23-13-15-24(16-14-23)20(26)27-21(2,3)4/h8-11H,6,12-16H2,1-4H3,(H,22,25).